The number of para-hydroxylation sites is 2. The third-order valence-corrected chi connectivity index (χ3v) is 7.15. The maximum absolute atomic E-state index is 14.3. The number of rotatable bonds is 7. The number of hydrogen-bond donors (Lipinski definition) is 1. The number of esters is 1. The highest BCUT2D eigenvalue weighted by atomic mass is 19.4. The number of aryl methyl sites for hydroxylation is 1. The molecule has 0 aliphatic heterocycles. The van der Waals surface area contributed by atoms with Crippen molar-refractivity contribution in [2.45, 2.75) is 17.6 Å². The second-order valence-corrected chi connectivity index (χ2v) is 9.40. The Morgan fingerprint density at radius 1 is 0.795 bits per heavy atom. The second-order valence-electron chi connectivity index (χ2n) is 9.40. The van der Waals surface area contributed by atoms with Gasteiger partial charge in [-0.3, -0.25) is 4.79 Å². The lowest BCUT2D eigenvalue weighted by Crippen LogP contribution is -2.47. The summed E-state index contributed by atoms with van der Waals surface area (Å²) in [5.74, 6) is -0.543. The molecule has 2 atom stereocenters. The fourth-order valence-electron chi connectivity index (χ4n) is 5.35. The Morgan fingerprint density at radius 3 is 2.00 bits per heavy atom. The van der Waals surface area contributed by atoms with Crippen LogP contribution in [-0.2, 0) is 28.2 Å². The molecule has 1 aromatic heterocycles. The molecule has 0 spiro atoms. The number of aromatic nitrogens is 1. The third kappa shape index (κ3) is 4.65. The van der Waals surface area contributed by atoms with Gasteiger partial charge in [-0.25, -0.2) is 0 Å². The first-order valence-corrected chi connectivity index (χ1v) is 12.4. The summed E-state index contributed by atoms with van der Waals surface area (Å²) in [6, 6.07) is 30.3. The zero-order valence-electron chi connectivity index (χ0n) is 21.4. The molecule has 4 aromatic carbocycles. The van der Waals surface area contributed by atoms with E-state index in [1.807, 2.05) is 103 Å². The fourth-order valence-corrected chi connectivity index (χ4v) is 5.35. The van der Waals surface area contributed by atoms with E-state index >= 15 is 0 Å². The summed E-state index contributed by atoms with van der Waals surface area (Å²) in [4.78, 5) is 14.3. The molecule has 198 valence electrons. The molecule has 5 aromatic rings. The molecule has 0 radical (unpaired) electrons. The number of nitrogens with one attached hydrogen (secondary N) is 1. The lowest BCUT2D eigenvalue weighted by Gasteiger charge is -2.40. The number of fused-ring (bicyclic) bond motifs is 1. The third-order valence-electron chi connectivity index (χ3n) is 7.15. The number of anilines is 1. The second kappa shape index (κ2) is 10.3. The lowest BCUT2D eigenvalue weighted by atomic mass is 9.66. The van der Waals surface area contributed by atoms with Gasteiger partial charge in [0.15, 0.2) is 0 Å². The Balaban J connectivity index is 1.87. The Hall–Kier alpha value is -4.52. The summed E-state index contributed by atoms with van der Waals surface area (Å²) in [5.41, 5.74) is 1.17. The maximum atomic E-state index is 14.3. The molecule has 4 nitrogen and oxygen atoms in total. The van der Waals surface area contributed by atoms with Crippen LogP contribution in [0, 0.1) is 0 Å². The van der Waals surface area contributed by atoms with Crippen LogP contribution in [0.3, 0.4) is 0 Å². The molecule has 5 rings (SSSR count). The minimum atomic E-state index is -4.49. The van der Waals surface area contributed by atoms with Crippen molar-refractivity contribution < 1.29 is 22.7 Å². The van der Waals surface area contributed by atoms with Crippen LogP contribution in [0.1, 0.15) is 28.3 Å². The van der Waals surface area contributed by atoms with Crippen LogP contribution < -0.4 is 5.32 Å². The van der Waals surface area contributed by atoms with Gasteiger partial charge in [-0.2, -0.15) is 13.2 Å². The molecule has 0 aliphatic carbocycles. The number of halogens is 3. The number of benzene rings is 4. The topological polar surface area (TPSA) is 43.3 Å². The number of alkyl halides is 3. The zero-order chi connectivity index (χ0) is 27.6. The molecule has 0 unspecified atom stereocenters. The van der Waals surface area contributed by atoms with Gasteiger partial charge in [-0.05, 0) is 41.5 Å². The maximum Gasteiger partial charge on any atom is 0.416 e. The molecule has 0 fully saturated rings. The van der Waals surface area contributed by atoms with Crippen molar-refractivity contribution in [1.29, 1.82) is 0 Å². The molecule has 0 aliphatic rings. The highest BCUT2D eigenvalue weighted by Crippen LogP contribution is 2.49. The highest BCUT2D eigenvalue weighted by molar-refractivity contribution is 5.97. The molecule has 1 N–H and O–H groups in total. The van der Waals surface area contributed by atoms with Gasteiger partial charge in [0.1, 0.15) is 5.41 Å². The molecule has 0 amide bonds. The zero-order valence-corrected chi connectivity index (χ0v) is 21.4. The summed E-state index contributed by atoms with van der Waals surface area (Å²) in [5, 5.41) is 4.32. The van der Waals surface area contributed by atoms with Gasteiger partial charge in [-0.15, -0.1) is 0 Å². The Kier molecular flexibility index (Phi) is 6.91. The van der Waals surface area contributed by atoms with Crippen LogP contribution in [0.5, 0.6) is 0 Å². The minimum Gasteiger partial charge on any atom is -0.468 e. The Labute approximate surface area is 224 Å². The van der Waals surface area contributed by atoms with E-state index < -0.39 is 29.2 Å². The van der Waals surface area contributed by atoms with Gasteiger partial charge in [-0.1, -0.05) is 78.9 Å². The van der Waals surface area contributed by atoms with Crippen LogP contribution >= 0.6 is 0 Å². The molecule has 0 saturated heterocycles. The lowest BCUT2D eigenvalue weighted by molar-refractivity contribution is -0.146. The molecular formula is C32H27F3N2O2. The van der Waals surface area contributed by atoms with Crippen LogP contribution in [0.2, 0.25) is 0 Å². The van der Waals surface area contributed by atoms with Crippen molar-refractivity contribution in [2.24, 2.45) is 7.05 Å². The predicted octanol–water partition coefficient (Wildman–Crippen LogP) is 7.51. The van der Waals surface area contributed by atoms with Crippen LogP contribution in [0.25, 0.3) is 10.9 Å². The number of hydrogen-bond acceptors (Lipinski definition) is 3. The van der Waals surface area contributed by atoms with E-state index in [1.165, 1.54) is 19.2 Å². The number of carbonyl (C=O) groups is 1. The number of carbonyl (C=O) groups excluding carboxylic acids is 1. The van der Waals surface area contributed by atoms with Crippen molar-refractivity contribution >= 4 is 22.6 Å². The van der Waals surface area contributed by atoms with Gasteiger partial charge in [0, 0.05) is 35.4 Å². The first-order chi connectivity index (χ1) is 18.8. The molecule has 0 saturated carbocycles. The first-order valence-electron chi connectivity index (χ1n) is 12.4. The molecule has 7 heteroatoms. The smallest absolute Gasteiger partial charge is 0.416 e. The van der Waals surface area contributed by atoms with Gasteiger partial charge in [0.25, 0.3) is 0 Å². The van der Waals surface area contributed by atoms with E-state index in [0.29, 0.717) is 22.4 Å². The summed E-state index contributed by atoms with van der Waals surface area (Å²) >= 11 is 0. The summed E-state index contributed by atoms with van der Waals surface area (Å²) < 4.78 is 48.0. The van der Waals surface area contributed by atoms with Crippen molar-refractivity contribution in [3.05, 3.63) is 138 Å². The van der Waals surface area contributed by atoms with E-state index in [4.69, 9.17) is 4.74 Å². The summed E-state index contributed by atoms with van der Waals surface area (Å²) in [7, 11) is 3.23. The van der Waals surface area contributed by atoms with E-state index in [9.17, 15) is 18.0 Å². The predicted molar refractivity (Wildman–Crippen MR) is 146 cm³/mol. The van der Waals surface area contributed by atoms with Gasteiger partial charge in [0.05, 0.1) is 18.7 Å². The SMILES string of the molecule is COC(=O)[C@](c1ccccc1)(c1cn(C)c2ccccc12)[C@H](Nc1ccccc1)c1ccc(C(F)(F)F)cc1. The average Bonchev–Trinajstić information content (AvgIpc) is 3.30. The van der Waals surface area contributed by atoms with Crippen molar-refractivity contribution in [3.63, 3.8) is 0 Å². The van der Waals surface area contributed by atoms with E-state index in [1.54, 1.807) is 0 Å². The highest BCUT2D eigenvalue weighted by Gasteiger charge is 2.52. The summed E-state index contributed by atoms with van der Waals surface area (Å²) in [6.45, 7) is 0. The van der Waals surface area contributed by atoms with Crippen LogP contribution in [0.4, 0.5) is 18.9 Å². The van der Waals surface area contributed by atoms with Crippen LogP contribution in [0.15, 0.2) is 115 Å². The molecule has 1 heterocycles. The van der Waals surface area contributed by atoms with Crippen molar-refractivity contribution in [3.8, 4) is 0 Å². The largest absolute Gasteiger partial charge is 0.468 e. The van der Waals surface area contributed by atoms with E-state index in [-0.39, 0.29) is 0 Å². The number of nitrogens with zero attached hydrogens (tertiary/aromatic N) is 1. The van der Waals surface area contributed by atoms with Gasteiger partial charge < -0.3 is 14.6 Å². The number of ether oxygens (including phenoxy) is 1. The first kappa shape index (κ1) is 26.1. The van der Waals surface area contributed by atoms with Gasteiger partial charge in [0.2, 0.25) is 0 Å². The normalized spacial score (nSPS) is 14.0. The summed E-state index contributed by atoms with van der Waals surface area (Å²) in [6.07, 6.45) is -2.59. The number of methoxy groups -OCH3 is 1. The molecule has 39 heavy (non-hydrogen) atoms. The van der Waals surface area contributed by atoms with Crippen LogP contribution in [-0.4, -0.2) is 17.6 Å². The van der Waals surface area contributed by atoms with Gasteiger partial charge >= 0.3 is 12.1 Å². The van der Waals surface area contributed by atoms with Crippen molar-refractivity contribution in [1.82, 2.24) is 4.57 Å². The Morgan fingerprint density at radius 2 is 1.38 bits per heavy atom. The van der Waals surface area contributed by atoms with E-state index in [2.05, 4.69) is 5.32 Å². The van der Waals surface area contributed by atoms with Crippen molar-refractivity contribution in [2.75, 3.05) is 12.4 Å². The fraction of sp³-hybridized carbons (Fsp3) is 0.156. The minimum absolute atomic E-state index is 0.494. The quantitative estimate of drug-likeness (QED) is 0.222. The monoisotopic (exact) mass is 528 g/mol. The molecule has 0 bridgehead atoms. The van der Waals surface area contributed by atoms with E-state index in [0.717, 1.165) is 23.0 Å². The molecular weight excluding hydrogens is 501 g/mol. The Bertz CT molecular complexity index is 1580. The standard InChI is InChI=1S/C32H27F3N2O2/c1-37-21-27(26-15-9-10-16-28(26)37)31(30(38)39-2,23-11-5-3-6-12-23)29(36-25-13-7-4-8-14-25)22-17-19-24(20-18-22)32(33,34)35/h3-21,29,36H,1-2H3/t29-,31-/m1/s1. The average molecular weight is 529 g/mol.